The fraction of sp³-hybridized carbons (Fsp3) is 0.867. The van der Waals surface area contributed by atoms with Crippen molar-refractivity contribution in [1.29, 1.82) is 0 Å². The van der Waals surface area contributed by atoms with Crippen LogP contribution in [0.4, 0.5) is 4.79 Å². The van der Waals surface area contributed by atoms with Crippen LogP contribution in [0, 0.1) is 5.92 Å². The van der Waals surface area contributed by atoms with E-state index in [4.69, 9.17) is 0 Å². The first kappa shape index (κ1) is 15.1. The molecule has 1 heterocycles. The molecule has 1 saturated heterocycles. The molecule has 2 aliphatic rings. The summed E-state index contributed by atoms with van der Waals surface area (Å²) in [6, 6.07) is 0.161. The molecular formula is C15H27N3O2. The third-order valence-electron chi connectivity index (χ3n) is 4.55. The van der Waals surface area contributed by atoms with Gasteiger partial charge in [-0.2, -0.15) is 0 Å². The number of rotatable bonds is 3. The summed E-state index contributed by atoms with van der Waals surface area (Å²) >= 11 is 0. The monoisotopic (exact) mass is 281 g/mol. The number of urea groups is 1. The number of nitrogens with one attached hydrogen (secondary N) is 2. The number of piperidine rings is 1. The molecule has 2 rings (SSSR count). The molecule has 2 fully saturated rings. The van der Waals surface area contributed by atoms with E-state index in [-0.39, 0.29) is 18.0 Å². The van der Waals surface area contributed by atoms with Crippen molar-refractivity contribution < 1.29 is 9.59 Å². The van der Waals surface area contributed by atoms with Crippen molar-refractivity contribution in [3.8, 4) is 0 Å². The Labute approximate surface area is 121 Å². The van der Waals surface area contributed by atoms with E-state index in [2.05, 4.69) is 10.6 Å². The minimum absolute atomic E-state index is 0.0446. The third-order valence-corrected chi connectivity index (χ3v) is 4.55. The molecule has 0 unspecified atom stereocenters. The summed E-state index contributed by atoms with van der Waals surface area (Å²) in [5.74, 6) is 0.791. The SMILES string of the molecule is CC(=O)N1CCC(NC(=O)NCC2CCCCC2)CC1. The highest BCUT2D eigenvalue weighted by molar-refractivity contribution is 5.74. The molecule has 1 aliphatic heterocycles. The Hall–Kier alpha value is -1.26. The molecular weight excluding hydrogens is 254 g/mol. The molecule has 3 amide bonds. The largest absolute Gasteiger partial charge is 0.343 e. The smallest absolute Gasteiger partial charge is 0.315 e. The van der Waals surface area contributed by atoms with Gasteiger partial charge in [0.15, 0.2) is 0 Å². The Morgan fingerprint density at radius 1 is 1.05 bits per heavy atom. The Bertz CT molecular complexity index is 332. The first-order valence-corrected chi connectivity index (χ1v) is 7.95. The van der Waals surface area contributed by atoms with Crippen LogP contribution in [-0.4, -0.2) is 42.5 Å². The lowest BCUT2D eigenvalue weighted by atomic mass is 9.89. The number of amides is 3. The van der Waals surface area contributed by atoms with Crippen molar-refractivity contribution in [2.24, 2.45) is 5.92 Å². The lowest BCUT2D eigenvalue weighted by Crippen LogP contribution is -2.49. The van der Waals surface area contributed by atoms with Crippen LogP contribution in [0.2, 0.25) is 0 Å². The number of carbonyl (C=O) groups excluding carboxylic acids is 2. The van der Waals surface area contributed by atoms with Crippen LogP contribution < -0.4 is 10.6 Å². The second kappa shape index (κ2) is 7.50. The summed E-state index contributed by atoms with van der Waals surface area (Å²) in [6.45, 7) is 3.91. The summed E-state index contributed by atoms with van der Waals surface area (Å²) in [7, 11) is 0. The lowest BCUT2D eigenvalue weighted by molar-refractivity contribution is -0.129. The van der Waals surface area contributed by atoms with Gasteiger partial charge in [-0.05, 0) is 31.6 Å². The van der Waals surface area contributed by atoms with E-state index in [1.807, 2.05) is 4.90 Å². The zero-order valence-corrected chi connectivity index (χ0v) is 12.5. The van der Waals surface area contributed by atoms with Crippen molar-refractivity contribution in [3.05, 3.63) is 0 Å². The Morgan fingerprint density at radius 2 is 1.70 bits per heavy atom. The van der Waals surface area contributed by atoms with Crippen LogP contribution in [0.25, 0.3) is 0 Å². The van der Waals surface area contributed by atoms with E-state index in [1.165, 1.54) is 32.1 Å². The molecule has 2 N–H and O–H groups in total. The van der Waals surface area contributed by atoms with Crippen molar-refractivity contribution in [2.45, 2.75) is 57.9 Å². The van der Waals surface area contributed by atoms with Crippen LogP contribution >= 0.6 is 0 Å². The molecule has 1 aliphatic carbocycles. The van der Waals surface area contributed by atoms with Crippen LogP contribution in [0.5, 0.6) is 0 Å². The fourth-order valence-electron chi connectivity index (χ4n) is 3.20. The van der Waals surface area contributed by atoms with Crippen LogP contribution in [-0.2, 0) is 4.79 Å². The van der Waals surface area contributed by atoms with Crippen molar-refractivity contribution >= 4 is 11.9 Å². The van der Waals surface area contributed by atoms with E-state index in [0.717, 1.165) is 32.5 Å². The normalized spacial score (nSPS) is 21.6. The molecule has 1 saturated carbocycles. The minimum Gasteiger partial charge on any atom is -0.343 e. The predicted molar refractivity (Wildman–Crippen MR) is 78.4 cm³/mol. The number of hydrogen-bond donors (Lipinski definition) is 2. The van der Waals surface area contributed by atoms with Crippen LogP contribution in [0.3, 0.4) is 0 Å². The van der Waals surface area contributed by atoms with Crippen molar-refractivity contribution in [3.63, 3.8) is 0 Å². The molecule has 0 bridgehead atoms. The zero-order valence-electron chi connectivity index (χ0n) is 12.5. The van der Waals surface area contributed by atoms with Gasteiger partial charge in [0.25, 0.3) is 0 Å². The summed E-state index contributed by atoms with van der Waals surface area (Å²) < 4.78 is 0. The minimum atomic E-state index is -0.0446. The van der Waals surface area contributed by atoms with Crippen LogP contribution in [0.15, 0.2) is 0 Å². The van der Waals surface area contributed by atoms with Crippen molar-refractivity contribution in [1.82, 2.24) is 15.5 Å². The van der Waals surface area contributed by atoms with Gasteiger partial charge in [-0.3, -0.25) is 4.79 Å². The highest BCUT2D eigenvalue weighted by atomic mass is 16.2. The summed E-state index contributed by atoms with van der Waals surface area (Å²) in [5.41, 5.74) is 0. The molecule has 0 atom stereocenters. The molecule has 0 aromatic heterocycles. The average Bonchev–Trinajstić information content (AvgIpc) is 2.47. The number of nitrogens with zero attached hydrogens (tertiary/aromatic N) is 1. The molecule has 0 spiro atoms. The fourth-order valence-corrected chi connectivity index (χ4v) is 3.20. The first-order chi connectivity index (χ1) is 9.65. The third kappa shape index (κ3) is 4.69. The van der Waals surface area contributed by atoms with Gasteiger partial charge in [0.05, 0.1) is 0 Å². The maximum atomic E-state index is 11.9. The Kier molecular flexibility index (Phi) is 5.68. The average molecular weight is 281 g/mol. The van der Waals surface area contributed by atoms with Gasteiger partial charge >= 0.3 is 6.03 Å². The lowest BCUT2D eigenvalue weighted by Gasteiger charge is -2.31. The van der Waals surface area contributed by atoms with Crippen molar-refractivity contribution in [2.75, 3.05) is 19.6 Å². The van der Waals surface area contributed by atoms with Gasteiger partial charge in [-0.1, -0.05) is 19.3 Å². The number of likely N-dealkylation sites (tertiary alicyclic amines) is 1. The van der Waals surface area contributed by atoms with Gasteiger partial charge in [0.1, 0.15) is 0 Å². The van der Waals surface area contributed by atoms with E-state index in [9.17, 15) is 9.59 Å². The number of hydrogen-bond acceptors (Lipinski definition) is 2. The first-order valence-electron chi connectivity index (χ1n) is 7.95. The van der Waals surface area contributed by atoms with E-state index >= 15 is 0 Å². The van der Waals surface area contributed by atoms with Crippen LogP contribution in [0.1, 0.15) is 51.9 Å². The molecule has 0 aromatic carbocycles. The summed E-state index contributed by atoms with van der Waals surface area (Å²) in [6.07, 6.45) is 8.16. The molecule has 5 heteroatoms. The van der Waals surface area contributed by atoms with E-state index in [1.54, 1.807) is 6.92 Å². The predicted octanol–water partition coefficient (Wildman–Crippen LogP) is 1.88. The quantitative estimate of drug-likeness (QED) is 0.829. The summed E-state index contributed by atoms with van der Waals surface area (Å²) in [5, 5.41) is 6.03. The molecule has 5 nitrogen and oxygen atoms in total. The second-order valence-electron chi connectivity index (χ2n) is 6.14. The number of carbonyl (C=O) groups is 2. The maximum Gasteiger partial charge on any atom is 0.315 e. The van der Waals surface area contributed by atoms with Gasteiger partial charge in [0, 0.05) is 32.6 Å². The highest BCUT2D eigenvalue weighted by Crippen LogP contribution is 2.22. The van der Waals surface area contributed by atoms with Gasteiger partial charge < -0.3 is 15.5 Å². The molecule has 0 aromatic rings. The maximum absolute atomic E-state index is 11.9. The van der Waals surface area contributed by atoms with E-state index in [0.29, 0.717) is 5.92 Å². The molecule has 114 valence electrons. The highest BCUT2D eigenvalue weighted by Gasteiger charge is 2.22. The zero-order chi connectivity index (χ0) is 14.4. The second-order valence-corrected chi connectivity index (χ2v) is 6.14. The molecule has 20 heavy (non-hydrogen) atoms. The summed E-state index contributed by atoms with van der Waals surface area (Å²) in [4.78, 5) is 24.9. The van der Waals surface area contributed by atoms with E-state index < -0.39 is 0 Å². The Balaban J connectivity index is 1.61. The van der Waals surface area contributed by atoms with Gasteiger partial charge in [-0.15, -0.1) is 0 Å². The Morgan fingerprint density at radius 3 is 2.30 bits per heavy atom. The van der Waals surface area contributed by atoms with Gasteiger partial charge in [-0.25, -0.2) is 4.79 Å². The van der Waals surface area contributed by atoms with Gasteiger partial charge in [0.2, 0.25) is 5.91 Å². The topological polar surface area (TPSA) is 61.4 Å². The standard InChI is InChI=1S/C15H27N3O2/c1-12(19)18-9-7-14(8-10-18)17-15(20)16-11-13-5-3-2-4-6-13/h13-14H,2-11H2,1H3,(H2,16,17,20). The molecule has 0 radical (unpaired) electrons.